The average molecular weight is 280 g/mol. The third-order valence-electron chi connectivity index (χ3n) is 2.47. The first-order valence-electron chi connectivity index (χ1n) is 5.19. The van der Waals surface area contributed by atoms with Crippen LogP contribution in [0.15, 0.2) is 34.0 Å². The predicted molar refractivity (Wildman–Crippen MR) is 66.5 cm³/mol. The molecule has 0 unspecified atom stereocenters. The van der Waals surface area contributed by atoms with E-state index in [1.165, 1.54) is 18.2 Å². The molecule has 0 atom stereocenters. The highest BCUT2D eigenvalue weighted by Crippen LogP contribution is 2.16. The summed E-state index contributed by atoms with van der Waals surface area (Å²) < 4.78 is 14.1. The molecule has 0 amide bonds. The molecule has 1 heterocycles. The molecule has 0 aliphatic rings. The average Bonchev–Trinajstić information content (AvgIpc) is 2.37. The van der Waals surface area contributed by atoms with Gasteiger partial charge in [-0.05, 0) is 17.7 Å². The second-order valence-corrected chi connectivity index (χ2v) is 4.20. The van der Waals surface area contributed by atoms with Gasteiger partial charge in [-0.15, -0.1) is 0 Å². The van der Waals surface area contributed by atoms with Gasteiger partial charge in [-0.25, -0.2) is 9.18 Å². The number of aromatic nitrogens is 2. The molecule has 96 valence electrons. The molecule has 0 saturated heterocycles. The predicted octanol–water partition coefficient (Wildman–Crippen LogP) is 1.25. The Morgan fingerprint density at radius 2 is 2.16 bits per heavy atom. The molecule has 0 aliphatic carbocycles. The highest BCUT2D eigenvalue weighted by molar-refractivity contribution is 6.30. The first kappa shape index (κ1) is 13.1. The Morgan fingerprint density at radius 1 is 1.42 bits per heavy atom. The number of nitrogens with one attached hydrogen (secondary N) is 1. The molecule has 0 bridgehead atoms. The van der Waals surface area contributed by atoms with Crippen molar-refractivity contribution in [2.45, 2.75) is 6.54 Å². The Morgan fingerprint density at radius 3 is 2.79 bits per heavy atom. The van der Waals surface area contributed by atoms with Crippen LogP contribution in [0.1, 0.15) is 11.1 Å². The lowest BCUT2D eigenvalue weighted by Gasteiger charge is -2.06. The Hall–Kier alpha value is -2.39. The molecule has 0 saturated carbocycles. The first-order chi connectivity index (χ1) is 9.01. The highest BCUT2D eigenvalue weighted by atomic mass is 35.5. The van der Waals surface area contributed by atoms with Gasteiger partial charge in [0.25, 0.3) is 5.56 Å². The molecule has 1 aromatic heterocycles. The van der Waals surface area contributed by atoms with Crippen LogP contribution in [0.4, 0.5) is 4.39 Å². The molecule has 1 aromatic carbocycles. The number of benzene rings is 1. The minimum absolute atomic E-state index is 0.0597. The van der Waals surface area contributed by atoms with Gasteiger partial charge in [-0.1, -0.05) is 17.7 Å². The minimum atomic E-state index is -0.735. The van der Waals surface area contributed by atoms with Gasteiger partial charge in [0.05, 0.1) is 11.6 Å². The number of nitriles is 1. The van der Waals surface area contributed by atoms with E-state index in [9.17, 15) is 14.0 Å². The fourth-order valence-electron chi connectivity index (χ4n) is 1.54. The second-order valence-electron chi connectivity index (χ2n) is 3.79. The van der Waals surface area contributed by atoms with E-state index >= 15 is 0 Å². The van der Waals surface area contributed by atoms with Crippen LogP contribution in [0.25, 0.3) is 0 Å². The second kappa shape index (κ2) is 5.08. The molecule has 0 aliphatic heterocycles. The summed E-state index contributed by atoms with van der Waals surface area (Å²) in [7, 11) is 0. The van der Waals surface area contributed by atoms with Crippen molar-refractivity contribution in [2.75, 3.05) is 0 Å². The van der Waals surface area contributed by atoms with Crippen molar-refractivity contribution >= 4 is 11.6 Å². The summed E-state index contributed by atoms with van der Waals surface area (Å²) in [5.74, 6) is -0.558. The molecule has 0 fully saturated rings. The summed E-state index contributed by atoms with van der Waals surface area (Å²) in [5.41, 5.74) is -0.984. The van der Waals surface area contributed by atoms with Crippen LogP contribution in [0.5, 0.6) is 0 Å². The number of nitrogens with zero attached hydrogens (tertiary/aromatic N) is 2. The lowest BCUT2D eigenvalue weighted by Crippen LogP contribution is -2.31. The fourth-order valence-corrected chi connectivity index (χ4v) is 1.74. The molecular formula is C12H7ClFN3O2. The minimum Gasteiger partial charge on any atom is -0.295 e. The van der Waals surface area contributed by atoms with Gasteiger partial charge in [-0.3, -0.25) is 14.3 Å². The van der Waals surface area contributed by atoms with Crippen molar-refractivity contribution in [3.05, 3.63) is 67.2 Å². The number of hydrogen-bond donors (Lipinski definition) is 1. The van der Waals surface area contributed by atoms with Crippen LogP contribution in [-0.4, -0.2) is 9.55 Å². The summed E-state index contributed by atoms with van der Waals surface area (Å²) in [4.78, 5) is 24.8. The van der Waals surface area contributed by atoms with Crippen molar-refractivity contribution in [3.63, 3.8) is 0 Å². The fraction of sp³-hybridized carbons (Fsp3) is 0.0833. The van der Waals surface area contributed by atoms with Gasteiger partial charge in [0.15, 0.2) is 0 Å². The number of rotatable bonds is 2. The van der Waals surface area contributed by atoms with E-state index in [4.69, 9.17) is 16.9 Å². The quantitative estimate of drug-likeness (QED) is 0.898. The van der Waals surface area contributed by atoms with Crippen molar-refractivity contribution in [2.24, 2.45) is 0 Å². The van der Waals surface area contributed by atoms with Crippen molar-refractivity contribution in [3.8, 4) is 6.07 Å². The number of H-pyrrole nitrogens is 1. The lowest BCUT2D eigenvalue weighted by atomic mass is 10.2. The topological polar surface area (TPSA) is 78.7 Å². The van der Waals surface area contributed by atoms with Crippen LogP contribution >= 0.6 is 11.6 Å². The third-order valence-corrected chi connectivity index (χ3v) is 2.76. The zero-order valence-corrected chi connectivity index (χ0v) is 10.2. The Labute approximate surface area is 111 Å². The zero-order valence-electron chi connectivity index (χ0n) is 9.48. The number of halogens is 2. The van der Waals surface area contributed by atoms with Crippen molar-refractivity contribution in [1.29, 1.82) is 5.26 Å². The van der Waals surface area contributed by atoms with Crippen LogP contribution in [0.2, 0.25) is 5.02 Å². The van der Waals surface area contributed by atoms with E-state index in [2.05, 4.69) is 0 Å². The van der Waals surface area contributed by atoms with Crippen LogP contribution < -0.4 is 11.2 Å². The van der Waals surface area contributed by atoms with E-state index in [0.29, 0.717) is 5.56 Å². The molecular weight excluding hydrogens is 273 g/mol. The summed E-state index contributed by atoms with van der Waals surface area (Å²) in [5, 5.41) is 8.66. The Kier molecular flexibility index (Phi) is 3.49. The van der Waals surface area contributed by atoms with Gasteiger partial charge in [0.1, 0.15) is 17.4 Å². The van der Waals surface area contributed by atoms with E-state index in [-0.39, 0.29) is 17.1 Å². The van der Waals surface area contributed by atoms with E-state index in [1.54, 1.807) is 6.07 Å². The summed E-state index contributed by atoms with van der Waals surface area (Å²) in [6, 6.07) is 5.70. The molecule has 19 heavy (non-hydrogen) atoms. The van der Waals surface area contributed by atoms with Gasteiger partial charge < -0.3 is 0 Å². The maximum Gasteiger partial charge on any atom is 0.328 e. The van der Waals surface area contributed by atoms with Crippen LogP contribution in [0, 0.1) is 17.1 Å². The highest BCUT2D eigenvalue weighted by Gasteiger charge is 2.06. The molecule has 2 aromatic rings. The molecule has 0 radical (unpaired) electrons. The van der Waals surface area contributed by atoms with Crippen molar-refractivity contribution in [1.82, 2.24) is 9.55 Å². The molecule has 7 heteroatoms. The summed E-state index contributed by atoms with van der Waals surface area (Å²) in [6.07, 6.45) is 1.15. The van der Waals surface area contributed by atoms with E-state index < -0.39 is 17.1 Å². The van der Waals surface area contributed by atoms with E-state index in [1.807, 2.05) is 4.98 Å². The monoisotopic (exact) mass is 279 g/mol. The van der Waals surface area contributed by atoms with Gasteiger partial charge in [-0.2, -0.15) is 5.26 Å². The lowest BCUT2D eigenvalue weighted by molar-refractivity contribution is 0.626. The zero-order chi connectivity index (χ0) is 14.0. The normalized spacial score (nSPS) is 10.2. The Balaban J connectivity index is 2.44. The molecule has 2 rings (SSSR count). The Bertz CT molecular complexity index is 789. The summed E-state index contributed by atoms with van der Waals surface area (Å²) in [6.45, 7) is 0.0737. The van der Waals surface area contributed by atoms with E-state index in [0.717, 1.165) is 10.8 Å². The smallest absolute Gasteiger partial charge is 0.295 e. The SMILES string of the molecule is N#Cc1cn(Cc2ccc(F)c(Cl)c2)c(=O)[nH]c1=O. The summed E-state index contributed by atoms with van der Waals surface area (Å²) >= 11 is 5.63. The van der Waals surface area contributed by atoms with Crippen molar-refractivity contribution < 1.29 is 4.39 Å². The van der Waals surface area contributed by atoms with Gasteiger partial charge in [0.2, 0.25) is 0 Å². The van der Waals surface area contributed by atoms with Crippen LogP contribution in [-0.2, 0) is 6.54 Å². The number of aromatic amines is 1. The van der Waals surface area contributed by atoms with Gasteiger partial charge >= 0.3 is 5.69 Å². The molecule has 0 spiro atoms. The maximum absolute atomic E-state index is 13.0. The molecule has 5 nitrogen and oxygen atoms in total. The molecule has 1 N–H and O–H groups in total. The van der Waals surface area contributed by atoms with Crippen LogP contribution in [0.3, 0.4) is 0 Å². The largest absolute Gasteiger partial charge is 0.328 e. The maximum atomic E-state index is 13.0. The standard InChI is InChI=1S/C12H7ClFN3O2/c13-9-3-7(1-2-10(9)14)5-17-6-8(4-15)11(18)16-12(17)19/h1-3,6H,5H2,(H,16,18,19). The van der Waals surface area contributed by atoms with Gasteiger partial charge in [0, 0.05) is 6.20 Å². The first-order valence-corrected chi connectivity index (χ1v) is 5.57. The third kappa shape index (κ3) is 2.72. The number of hydrogen-bond acceptors (Lipinski definition) is 3.